The zero-order valence-corrected chi connectivity index (χ0v) is 33.8. The standard InChI is InChI=1S/C58H34N4O/c1-2-17-38(18-3-1)61-50-26-12-9-20-40(50)45-34-54-46(33-53(45)61)41-21-10-13-27-51(41)62(54)52-28-14-24-43-47-32-48(39-19-6-7-22-42(39)56(47)63-57(43)52)58-59-49-25-11-8-23-44(49)55(60-58)37-30-29-35-15-4-5-16-36(35)31-37/h1-34H. The average molecular weight is 803 g/mol. The Hall–Kier alpha value is -8.54. The van der Waals surface area contributed by atoms with Crippen molar-refractivity contribution in [2.24, 2.45) is 0 Å². The summed E-state index contributed by atoms with van der Waals surface area (Å²) in [6.45, 7) is 0. The number of furan rings is 1. The van der Waals surface area contributed by atoms with Crippen LogP contribution in [0.1, 0.15) is 0 Å². The van der Waals surface area contributed by atoms with Gasteiger partial charge in [-0.1, -0.05) is 146 Å². The van der Waals surface area contributed by atoms with Gasteiger partial charge in [-0.2, -0.15) is 0 Å². The van der Waals surface area contributed by atoms with Gasteiger partial charge in [0.05, 0.1) is 39.0 Å². The summed E-state index contributed by atoms with van der Waals surface area (Å²) in [5.41, 5.74) is 12.3. The van der Waals surface area contributed by atoms with Gasteiger partial charge < -0.3 is 13.6 Å². The second kappa shape index (κ2) is 13.0. The second-order valence-electron chi connectivity index (χ2n) is 16.5. The quantitative estimate of drug-likeness (QED) is 0.178. The summed E-state index contributed by atoms with van der Waals surface area (Å²) < 4.78 is 12.0. The summed E-state index contributed by atoms with van der Waals surface area (Å²) in [7, 11) is 0. The molecule has 4 heterocycles. The van der Waals surface area contributed by atoms with Crippen molar-refractivity contribution in [2.75, 3.05) is 0 Å². The number of nitrogens with zero attached hydrogens (tertiary/aromatic N) is 4. The molecule has 0 saturated heterocycles. The molecule has 0 atom stereocenters. The van der Waals surface area contributed by atoms with Crippen molar-refractivity contribution in [3.8, 4) is 34.0 Å². The third-order valence-electron chi connectivity index (χ3n) is 13.1. The monoisotopic (exact) mass is 802 g/mol. The molecule has 292 valence electrons. The van der Waals surface area contributed by atoms with Gasteiger partial charge in [0.1, 0.15) is 5.58 Å². The van der Waals surface area contributed by atoms with Crippen molar-refractivity contribution in [3.63, 3.8) is 0 Å². The Balaban J connectivity index is 1.03. The van der Waals surface area contributed by atoms with Crippen molar-refractivity contribution in [2.45, 2.75) is 0 Å². The summed E-state index contributed by atoms with van der Waals surface area (Å²) in [5.74, 6) is 0.682. The first-order valence-corrected chi connectivity index (χ1v) is 21.4. The smallest absolute Gasteiger partial charge is 0.161 e. The Morgan fingerprint density at radius 1 is 0.349 bits per heavy atom. The van der Waals surface area contributed by atoms with Crippen LogP contribution >= 0.6 is 0 Å². The second-order valence-corrected chi connectivity index (χ2v) is 16.5. The molecule has 0 fully saturated rings. The van der Waals surface area contributed by atoms with E-state index in [0.717, 1.165) is 82.8 Å². The number of rotatable bonds is 4. The van der Waals surface area contributed by atoms with E-state index in [1.807, 2.05) is 0 Å². The van der Waals surface area contributed by atoms with Crippen LogP contribution in [0.5, 0.6) is 0 Å². The van der Waals surface area contributed by atoms with Gasteiger partial charge >= 0.3 is 0 Å². The predicted molar refractivity (Wildman–Crippen MR) is 261 cm³/mol. The van der Waals surface area contributed by atoms with Crippen LogP contribution in [0.3, 0.4) is 0 Å². The van der Waals surface area contributed by atoms with Gasteiger partial charge in [-0.3, -0.25) is 0 Å². The summed E-state index contributed by atoms with van der Waals surface area (Å²) in [6.07, 6.45) is 0. The number of fused-ring (bicyclic) bond motifs is 13. The summed E-state index contributed by atoms with van der Waals surface area (Å²) in [5, 5.41) is 12.3. The molecule has 0 aliphatic rings. The molecule has 63 heavy (non-hydrogen) atoms. The Labute approximate surface area is 360 Å². The van der Waals surface area contributed by atoms with Gasteiger partial charge in [0.15, 0.2) is 11.4 Å². The van der Waals surface area contributed by atoms with Gasteiger partial charge in [-0.05, 0) is 76.8 Å². The molecular formula is C58H34N4O. The van der Waals surface area contributed by atoms with E-state index < -0.39 is 0 Å². The highest BCUT2D eigenvalue weighted by Gasteiger charge is 2.23. The van der Waals surface area contributed by atoms with Crippen molar-refractivity contribution in [3.05, 3.63) is 206 Å². The van der Waals surface area contributed by atoms with E-state index in [9.17, 15) is 0 Å². The molecular weight excluding hydrogens is 769 g/mol. The first-order chi connectivity index (χ1) is 31.2. The van der Waals surface area contributed by atoms with Crippen LogP contribution < -0.4 is 0 Å². The number of hydrogen-bond acceptors (Lipinski definition) is 3. The molecule has 0 aliphatic heterocycles. The van der Waals surface area contributed by atoms with E-state index >= 15 is 0 Å². The van der Waals surface area contributed by atoms with Crippen molar-refractivity contribution < 1.29 is 4.42 Å². The molecule has 0 bridgehead atoms. The zero-order valence-electron chi connectivity index (χ0n) is 33.8. The SMILES string of the molecule is c1ccc(-n2c3ccccc3c3cc4c(cc32)c2ccccc2n4-c2cccc3c2oc2c4ccccc4c(-c4nc(-c5ccc6ccccc6c5)c5ccccc5n4)cc32)cc1. The molecule has 0 saturated carbocycles. The van der Waals surface area contributed by atoms with E-state index in [4.69, 9.17) is 14.4 Å². The van der Waals surface area contributed by atoms with Crippen LogP contribution in [-0.2, 0) is 0 Å². The predicted octanol–water partition coefficient (Wildman–Crippen LogP) is 15.4. The maximum absolute atomic E-state index is 7.17. The fourth-order valence-electron chi connectivity index (χ4n) is 10.3. The fourth-order valence-corrected chi connectivity index (χ4v) is 10.3. The van der Waals surface area contributed by atoms with Gasteiger partial charge in [0.2, 0.25) is 0 Å². The Bertz CT molecular complexity index is 4210. The molecule has 4 aromatic heterocycles. The minimum absolute atomic E-state index is 0.682. The van der Waals surface area contributed by atoms with E-state index in [1.54, 1.807) is 0 Å². The lowest BCUT2D eigenvalue weighted by molar-refractivity contribution is 0.670. The molecule has 0 amide bonds. The first-order valence-electron chi connectivity index (χ1n) is 21.4. The number of hydrogen-bond donors (Lipinski definition) is 0. The number of aromatic nitrogens is 4. The highest BCUT2D eigenvalue weighted by Crippen LogP contribution is 2.45. The lowest BCUT2D eigenvalue weighted by Crippen LogP contribution is -1.96. The molecule has 5 heteroatoms. The molecule has 0 radical (unpaired) electrons. The van der Waals surface area contributed by atoms with Crippen molar-refractivity contribution >= 4 is 98.0 Å². The molecule has 0 aliphatic carbocycles. The number of benzene rings is 10. The minimum Gasteiger partial charge on any atom is -0.453 e. The van der Waals surface area contributed by atoms with E-state index in [0.29, 0.717) is 5.82 Å². The largest absolute Gasteiger partial charge is 0.453 e. The first kappa shape index (κ1) is 34.2. The average Bonchev–Trinajstić information content (AvgIpc) is 4.00. The van der Waals surface area contributed by atoms with Crippen molar-refractivity contribution in [1.29, 1.82) is 0 Å². The molecule has 0 unspecified atom stereocenters. The number of para-hydroxylation sites is 5. The highest BCUT2D eigenvalue weighted by molar-refractivity contribution is 6.22. The van der Waals surface area contributed by atoms with Crippen LogP contribution in [0.25, 0.3) is 132 Å². The van der Waals surface area contributed by atoms with Crippen LogP contribution in [0, 0.1) is 0 Å². The molecule has 5 nitrogen and oxygen atoms in total. The molecule has 0 spiro atoms. The lowest BCUT2D eigenvalue weighted by atomic mass is 9.98. The van der Waals surface area contributed by atoms with Gasteiger partial charge in [0.25, 0.3) is 0 Å². The third kappa shape index (κ3) is 4.93. The summed E-state index contributed by atoms with van der Waals surface area (Å²) in [6, 6.07) is 73.6. The Morgan fingerprint density at radius 2 is 0.952 bits per heavy atom. The van der Waals surface area contributed by atoms with E-state index in [1.165, 1.54) is 43.4 Å². The fraction of sp³-hybridized carbons (Fsp3) is 0. The van der Waals surface area contributed by atoms with Gasteiger partial charge in [-0.15, -0.1) is 0 Å². The summed E-state index contributed by atoms with van der Waals surface area (Å²) >= 11 is 0. The Kier molecular flexibility index (Phi) is 7.05. The van der Waals surface area contributed by atoms with Crippen LogP contribution in [0.2, 0.25) is 0 Å². The lowest BCUT2D eigenvalue weighted by Gasteiger charge is -2.12. The zero-order chi connectivity index (χ0) is 41.2. The molecule has 14 rings (SSSR count). The Morgan fingerprint density at radius 3 is 1.75 bits per heavy atom. The van der Waals surface area contributed by atoms with Crippen LogP contribution in [-0.4, -0.2) is 19.1 Å². The molecule has 14 aromatic rings. The molecule has 10 aromatic carbocycles. The van der Waals surface area contributed by atoms with Crippen LogP contribution in [0.15, 0.2) is 211 Å². The summed E-state index contributed by atoms with van der Waals surface area (Å²) in [4.78, 5) is 10.7. The van der Waals surface area contributed by atoms with Gasteiger partial charge in [-0.25, -0.2) is 9.97 Å². The maximum Gasteiger partial charge on any atom is 0.161 e. The minimum atomic E-state index is 0.682. The molecule has 0 N–H and O–H groups in total. The highest BCUT2D eigenvalue weighted by atomic mass is 16.3. The van der Waals surface area contributed by atoms with E-state index in [-0.39, 0.29) is 0 Å². The van der Waals surface area contributed by atoms with Gasteiger partial charge in [0, 0.05) is 59.9 Å². The van der Waals surface area contributed by atoms with Crippen LogP contribution in [0.4, 0.5) is 0 Å². The maximum atomic E-state index is 7.17. The third-order valence-corrected chi connectivity index (χ3v) is 13.1. The van der Waals surface area contributed by atoms with Crippen molar-refractivity contribution in [1.82, 2.24) is 19.1 Å². The topological polar surface area (TPSA) is 48.8 Å². The van der Waals surface area contributed by atoms with E-state index in [2.05, 4.69) is 215 Å². The normalized spacial score (nSPS) is 12.1.